The Bertz CT molecular complexity index is 1070. The van der Waals surface area contributed by atoms with Crippen molar-refractivity contribution in [3.05, 3.63) is 33.3 Å². The van der Waals surface area contributed by atoms with E-state index in [9.17, 15) is 14.7 Å². The summed E-state index contributed by atoms with van der Waals surface area (Å²) in [6.45, 7) is 20.1. The highest BCUT2D eigenvalue weighted by Gasteiger charge is 2.46. The molecule has 0 saturated carbocycles. The zero-order valence-corrected chi connectivity index (χ0v) is 29.0. The number of nitrogens with zero attached hydrogens (tertiary/aromatic N) is 1. The standard InChI is InChI=1S/C33H55NO5SSi/c1-11-41(12-2,13-3)39-29-20-30(35)38-28(24(6)19-27-21-40-26(8)34-27)18-17-22(4)15-14-16-23(5)31(36)25(7)32(37)33(29,9)10/h17,19,21,23,25,28-29,31,36H,11-16,18,20H2,1-10H3/t23-,25+,28-,29-,31-/m0/s1. The molecular weight excluding hydrogens is 551 g/mol. The van der Waals surface area contributed by atoms with Gasteiger partial charge in [0.1, 0.15) is 11.9 Å². The van der Waals surface area contributed by atoms with Crippen molar-refractivity contribution in [2.24, 2.45) is 17.3 Å². The third kappa shape index (κ3) is 9.70. The van der Waals surface area contributed by atoms with Gasteiger partial charge >= 0.3 is 5.97 Å². The fourth-order valence-electron chi connectivity index (χ4n) is 5.88. The van der Waals surface area contributed by atoms with E-state index in [0.717, 1.165) is 53.7 Å². The van der Waals surface area contributed by atoms with Crippen LogP contribution in [0.4, 0.5) is 0 Å². The Morgan fingerprint density at radius 2 is 1.83 bits per heavy atom. The first-order valence-electron chi connectivity index (χ1n) is 15.5. The van der Waals surface area contributed by atoms with Crippen LogP contribution in [0.5, 0.6) is 0 Å². The molecule has 0 unspecified atom stereocenters. The molecule has 2 heterocycles. The van der Waals surface area contributed by atoms with Crippen LogP contribution >= 0.6 is 11.3 Å². The van der Waals surface area contributed by atoms with Crippen molar-refractivity contribution in [2.75, 3.05) is 0 Å². The summed E-state index contributed by atoms with van der Waals surface area (Å²) >= 11 is 1.59. The van der Waals surface area contributed by atoms with Crippen LogP contribution < -0.4 is 0 Å². The van der Waals surface area contributed by atoms with Gasteiger partial charge in [0.15, 0.2) is 8.32 Å². The van der Waals surface area contributed by atoms with Crippen molar-refractivity contribution in [2.45, 2.75) is 138 Å². The Kier molecular flexibility index (Phi) is 13.7. The average molecular weight is 606 g/mol. The van der Waals surface area contributed by atoms with E-state index in [0.29, 0.717) is 6.42 Å². The predicted molar refractivity (Wildman–Crippen MR) is 172 cm³/mol. The molecule has 0 bridgehead atoms. The normalized spacial score (nSPS) is 27.8. The molecule has 2 rings (SSSR count). The highest BCUT2D eigenvalue weighted by Crippen LogP contribution is 2.37. The van der Waals surface area contributed by atoms with E-state index in [1.165, 1.54) is 5.57 Å². The lowest BCUT2D eigenvalue weighted by atomic mass is 9.73. The van der Waals surface area contributed by atoms with Gasteiger partial charge in [0, 0.05) is 23.1 Å². The van der Waals surface area contributed by atoms with E-state index in [4.69, 9.17) is 9.16 Å². The van der Waals surface area contributed by atoms with Crippen LogP contribution in [0.15, 0.2) is 22.6 Å². The second-order valence-electron chi connectivity index (χ2n) is 12.7. The van der Waals surface area contributed by atoms with Gasteiger partial charge in [0.2, 0.25) is 0 Å². The molecule has 1 aliphatic heterocycles. The van der Waals surface area contributed by atoms with E-state index < -0.39 is 38.0 Å². The number of hydrogen-bond acceptors (Lipinski definition) is 7. The van der Waals surface area contributed by atoms with Gasteiger partial charge in [0.05, 0.1) is 29.3 Å². The fourth-order valence-corrected chi connectivity index (χ4v) is 9.43. The van der Waals surface area contributed by atoms with Crippen LogP contribution in [-0.2, 0) is 18.8 Å². The van der Waals surface area contributed by atoms with E-state index in [1.54, 1.807) is 11.3 Å². The predicted octanol–water partition coefficient (Wildman–Crippen LogP) is 8.30. The molecule has 0 aliphatic carbocycles. The van der Waals surface area contributed by atoms with E-state index in [1.807, 2.05) is 53.0 Å². The van der Waals surface area contributed by atoms with Crippen LogP contribution in [0.2, 0.25) is 18.1 Å². The number of aromatic nitrogens is 1. The summed E-state index contributed by atoms with van der Waals surface area (Å²) in [5.41, 5.74) is 2.07. The third-order valence-electron chi connectivity index (χ3n) is 9.33. The largest absolute Gasteiger partial charge is 0.457 e. The number of carbonyl (C=O) groups is 2. The number of thiazole rings is 1. The molecule has 41 heavy (non-hydrogen) atoms. The van der Waals surface area contributed by atoms with Gasteiger partial charge in [-0.3, -0.25) is 9.59 Å². The van der Waals surface area contributed by atoms with Crippen LogP contribution in [-0.4, -0.2) is 48.5 Å². The summed E-state index contributed by atoms with van der Waals surface area (Å²) in [5, 5.41) is 14.2. The molecule has 232 valence electrons. The Morgan fingerprint density at radius 1 is 1.20 bits per heavy atom. The Balaban J connectivity index is 2.53. The fraction of sp³-hybridized carbons (Fsp3) is 0.727. The minimum atomic E-state index is -2.18. The lowest BCUT2D eigenvalue weighted by Gasteiger charge is -2.42. The van der Waals surface area contributed by atoms with Crippen LogP contribution in [0.25, 0.3) is 6.08 Å². The lowest BCUT2D eigenvalue weighted by molar-refractivity contribution is -0.153. The second-order valence-corrected chi connectivity index (χ2v) is 18.5. The van der Waals surface area contributed by atoms with Gasteiger partial charge in [-0.2, -0.15) is 0 Å². The van der Waals surface area contributed by atoms with Crippen LogP contribution in [0.1, 0.15) is 105 Å². The number of hydrogen-bond donors (Lipinski definition) is 1. The Hall–Kier alpha value is -1.61. The number of aliphatic hydroxyl groups excluding tert-OH is 1. The number of aliphatic hydroxyl groups is 1. The molecule has 0 amide bonds. The molecule has 5 atom stereocenters. The number of aryl methyl sites for hydroxylation is 1. The van der Waals surface area contributed by atoms with E-state index in [-0.39, 0.29) is 24.1 Å². The number of cyclic esters (lactones) is 1. The summed E-state index contributed by atoms with van der Waals surface area (Å²) in [6.07, 6.45) is 5.58. The molecule has 1 aliphatic rings. The number of carbonyl (C=O) groups excluding carboxylic acids is 2. The van der Waals surface area contributed by atoms with Gasteiger partial charge in [0.25, 0.3) is 0 Å². The monoisotopic (exact) mass is 605 g/mol. The zero-order chi connectivity index (χ0) is 31.0. The van der Waals surface area contributed by atoms with Crippen molar-refractivity contribution >= 4 is 37.5 Å². The average Bonchev–Trinajstić information content (AvgIpc) is 3.35. The minimum absolute atomic E-state index is 0.00581. The maximum atomic E-state index is 14.0. The number of Topliss-reactive ketones (excluding diaryl/α,β-unsaturated/α-hetero) is 1. The van der Waals surface area contributed by atoms with Crippen molar-refractivity contribution in [1.29, 1.82) is 0 Å². The van der Waals surface area contributed by atoms with Gasteiger partial charge in [-0.05, 0) is 75.7 Å². The van der Waals surface area contributed by atoms with E-state index in [2.05, 4.69) is 38.8 Å². The summed E-state index contributed by atoms with van der Waals surface area (Å²) < 4.78 is 13.1. The maximum Gasteiger partial charge on any atom is 0.309 e. The summed E-state index contributed by atoms with van der Waals surface area (Å²) in [5.74, 6) is -0.999. The number of ketones is 1. The second kappa shape index (κ2) is 15.7. The number of esters is 1. The van der Waals surface area contributed by atoms with Gasteiger partial charge in [-0.1, -0.05) is 60.1 Å². The first kappa shape index (κ1) is 35.6. The van der Waals surface area contributed by atoms with Crippen molar-refractivity contribution < 1.29 is 23.9 Å². The lowest BCUT2D eigenvalue weighted by Crippen LogP contribution is -2.51. The van der Waals surface area contributed by atoms with Crippen molar-refractivity contribution in [3.8, 4) is 0 Å². The van der Waals surface area contributed by atoms with Gasteiger partial charge in [-0.25, -0.2) is 4.98 Å². The van der Waals surface area contributed by atoms with Gasteiger partial charge < -0.3 is 14.3 Å². The molecular formula is C33H55NO5SSi. The first-order valence-corrected chi connectivity index (χ1v) is 19.0. The summed E-state index contributed by atoms with van der Waals surface area (Å²) in [7, 11) is -2.18. The molecule has 6 nitrogen and oxygen atoms in total. The first-order chi connectivity index (χ1) is 19.2. The zero-order valence-electron chi connectivity index (χ0n) is 27.2. The number of allylic oxidation sites excluding steroid dienone is 1. The van der Waals surface area contributed by atoms with Gasteiger partial charge in [-0.15, -0.1) is 11.3 Å². The molecule has 0 fully saturated rings. The molecule has 0 radical (unpaired) electrons. The molecule has 1 N–H and O–H groups in total. The third-order valence-corrected chi connectivity index (χ3v) is 14.8. The quantitative estimate of drug-likeness (QED) is 0.191. The molecule has 0 saturated heterocycles. The maximum absolute atomic E-state index is 14.0. The van der Waals surface area contributed by atoms with Crippen LogP contribution in [0.3, 0.4) is 0 Å². The highest BCUT2D eigenvalue weighted by atomic mass is 32.1. The Labute approximate surface area is 254 Å². The number of rotatable bonds is 7. The molecule has 1 aromatic heterocycles. The smallest absolute Gasteiger partial charge is 0.309 e. The summed E-state index contributed by atoms with van der Waals surface area (Å²) in [4.78, 5) is 32.3. The molecule has 1 aromatic rings. The summed E-state index contributed by atoms with van der Waals surface area (Å²) in [6, 6.07) is 2.73. The van der Waals surface area contributed by atoms with Crippen molar-refractivity contribution in [1.82, 2.24) is 4.98 Å². The SMILES string of the molecule is CC[Si](CC)(CC)O[C@H]1CC(=O)O[C@H](C(C)=Cc2csc(C)n2)CC=C(C)CCC[C@H](C)[C@H](O)[C@@H](C)C(=O)C1(C)C. The topological polar surface area (TPSA) is 85.7 Å². The molecule has 8 heteroatoms. The van der Waals surface area contributed by atoms with Crippen molar-refractivity contribution in [3.63, 3.8) is 0 Å². The van der Waals surface area contributed by atoms with Crippen LogP contribution in [0, 0.1) is 24.2 Å². The molecule has 0 aromatic carbocycles. The highest BCUT2D eigenvalue weighted by molar-refractivity contribution is 7.09. The molecule has 0 spiro atoms. The Morgan fingerprint density at radius 3 is 2.39 bits per heavy atom. The van der Waals surface area contributed by atoms with E-state index >= 15 is 0 Å². The minimum Gasteiger partial charge on any atom is -0.457 e. The number of ether oxygens (including phenoxy) is 1.